The average Bonchev–Trinajstić information content (AvgIpc) is 2.60. The summed E-state index contributed by atoms with van der Waals surface area (Å²) >= 11 is 1.62. The predicted molar refractivity (Wildman–Crippen MR) is 97.0 cm³/mol. The highest BCUT2D eigenvalue weighted by atomic mass is 32.2. The summed E-state index contributed by atoms with van der Waals surface area (Å²) in [7, 11) is 0. The van der Waals surface area contributed by atoms with Gasteiger partial charge in [0.15, 0.2) is 5.16 Å². The van der Waals surface area contributed by atoms with Crippen LogP contribution >= 0.6 is 11.8 Å². The van der Waals surface area contributed by atoms with Crippen LogP contribution in [-0.2, 0) is 5.75 Å². The molecule has 3 rings (SSSR count). The smallest absolute Gasteiger partial charge is 0.262 e. The lowest BCUT2D eigenvalue weighted by Crippen LogP contribution is -2.26. The van der Waals surface area contributed by atoms with Gasteiger partial charge in [-0.05, 0) is 31.0 Å². The second-order valence-electron chi connectivity index (χ2n) is 5.62. The molecular weight excluding hydrogens is 304 g/mol. The van der Waals surface area contributed by atoms with Gasteiger partial charge in [0.1, 0.15) is 0 Å². The van der Waals surface area contributed by atoms with Crippen LogP contribution in [0.25, 0.3) is 10.9 Å². The van der Waals surface area contributed by atoms with Gasteiger partial charge in [0.2, 0.25) is 0 Å². The van der Waals surface area contributed by atoms with E-state index in [1.165, 1.54) is 5.56 Å². The molecule has 1 heterocycles. The lowest BCUT2D eigenvalue weighted by atomic mass is 10.2. The molecule has 0 bridgehead atoms. The quantitative estimate of drug-likeness (QED) is 0.506. The van der Waals surface area contributed by atoms with E-state index < -0.39 is 0 Å². The summed E-state index contributed by atoms with van der Waals surface area (Å²) in [5.74, 6) is 0.808. The molecule has 118 valence electrons. The highest BCUT2D eigenvalue weighted by Gasteiger charge is 2.15. The Kier molecular flexibility index (Phi) is 4.82. The van der Waals surface area contributed by atoms with E-state index in [0.717, 1.165) is 22.8 Å². The van der Waals surface area contributed by atoms with E-state index >= 15 is 0 Å². The molecule has 3 nitrogen and oxygen atoms in total. The zero-order chi connectivity index (χ0) is 16.2. The summed E-state index contributed by atoms with van der Waals surface area (Å²) in [6, 6.07) is 18.0. The third-order valence-electron chi connectivity index (χ3n) is 4.02. The molecule has 1 aromatic heterocycles. The molecule has 0 saturated heterocycles. The van der Waals surface area contributed by atoms with Crippen molar-refractivity contribution in [3.63, 3.8) is 0 Å². The summed E-state index contributed by atoms with van der Waals surface area (Å²) in [6.45, 7) is 4.17. The Morgan fingerprint density at radius 2 is 1.78 bits per heavy atom. The number of rotatable bonds is 5. The normalized spacial score (nSPS) is 12.4. The Labute approximate surface area is 140 Å². The minimum absolute atomic E-state index is 0.0560. The largest absolute Gasteiger partial charge is 0.284 e. The van der Waals surface area contributed by atoms with Crippen LogP contribution in [0.5, 0.6) is 0 Å². The van der Waals surface area contributed by atoms with Crippen LogP contribution in [-0.4, -0.2) is 9.55 Å². The van der Waals surface area contributed by atoms with Gasteiger partial charge in [0, 0.05) is 11.8 Å². The van der Waals surface area contributed by atoms with E-state index in [-0.39, 0.29) is 11.6 Å². The number of aromatic nitrogens is 2. The SMILES string of the molecule is CC[C@@H](C)n1c(SCc2ccccc2)nc2ccccc2c1=O. The number of nitrogens with zero attached hydrogens (tertiary/aromatic N) is 2. The molecule has 4 heteroatoms. The van der Waals surface area contributed by atoms with Crippen molar-refractivity contribution in [1.82, 2.24) is 9.55 Å². The van der Waals surface area contributed by atoms with Crippen molar-refractivity contribution in [2.45, 2.75) is 37.2 Å². The van der Waals surface area contributed by atoms with Crippen molar-refractivity contribution in [3.8, 4) is 0 Å². The summed E-state index contributed by atoms with van der Waals surface area (Å²) in [5, 5.41) is 1.49. The van der Waals surface area contributed by atoms with E-state index in [9.17, 15) is 4.79 Å². The summed E-state index contributed by atoms with van der Waals surface area (Å²) in [4.78, 5) is 17.6. The number of thioether (sulfide) groups is 1. The zero-order valence-corrected chi connectivity index (χ0v) is 14.2. The fraction of sp³-hybridized carbons (Fsp3) is 0.263. The van der Waals surface area contributed by atoms with Gasteiger partial charge in [-0.1, -0.05) is 61.2 Å². The molecule has 0 N–H and O–H groups in total. The predicted octanol–water partition coefficient (Wildman–Crippen LogP) is 4.66. The van der Waals surface area contributed by atoms with Crippen molar-refractivity contribution in [3.05, 3.63) is 70.5 Å². The molecule has 0 amide bonds. The first kappa shape index (κ1) is 15.8. The van der Waals surface area contributed by atoms with E-state index in [0.29, 0.717) is 5.39 Å². The first-order chi connectivity index (χ1) is 11.2. The third kappa shape index (κ3) is 3.32. The number of fused-ring (bicyclic) bond motifs is 1. The van der Waals surface area contributed by atoms with Gasteiger partial charge in [-0.2, -0.15) is 0 Å². The van der Waals surface area contributed by atoms with E-state index in [4.69, 9.17) is 4.98 Å². The molecule has 23 heavy (non-hydrogen) atoms. The first-order valence-electron chi connectivity index (χ1n) is 7.88. The van der Waals surface area contributed by atoms with Gasteiger partial charge >= 0.3 is 0 Å². The molecule has 0 radical (unpaired) electrons. The lowest BCUT2D eigenvalue weighted by Gasteiger charge is -2.18. The molecule has 0 aliphatic heterocycles. The molecule has 2 aromatic carbocycles. The maximum absolute atomic E-state index is 12.9. The Hall–Kier alpha value is -2.07. The molecule has 0 fully saturated rings. The van der Waals surface area contributed by atoms with Crippen LogP contribution in [0.15, 0.2) is 64.5 Å². The molecule has 1 atom stereocenters. The van der Waals surface area contributed by atoms with Crippen LogP contribution < -0.4 is 5.56 Å². The van der Waals surface area contributed by atoms with Gasteiger partial charge < -0.3 is 0 Å². The standard InChI is InChI=1S/C19H20N2OS/c1-3-14(2)21-18(22)16-11-7-8-12-17(16)20-19(21)23-13-15-9-5-4-6-10-15/h4-12,14H,3,13H2,1-2H3/t14-/m1/s1. The monoisotopic (exact) mass is 324 g/mol. The van der Waals surface area contributed by atoms with Gasteiger partial charge in [0.25, 0.3) is 5.56 Å². The summed E-state index contributed by atoms with van der Waals surface area (Å²) in [6.07, 6.45) is 0.902. The van der Waals surface area contributed by atoms with Crippen molar-refractivity contribution >= 4 is 22.7 Å². The minimum Gasteiger partial charge on any atom is -0.284 e. The lowest BCUT2D eigenvalue weighted by molar-refractivity contribution is 0.468. The van der Waals surface area contributed by atoms with Crippen LogP contribution in [0.4, 0.5) is 0 Å². The Morgan fingerprint density at radius 3 is 2.52 bits per heavy atom. The van der Waals surface area contributed by atoms with Gasteiger partial charge in [0.05, 0.1) is 10.9 Å². The van der Waals surface area contributed by atoms with E-state index in [1.54, 1.807) is 11.8 Å². The first-order valence-corrected chi connectivity index (χ1v) is 8.87. The molecule has 0 unspecified atom stereocenters. The topological polar surface area (TPSA) is 34.9 Å². The number of para-hydroxylation sites is 1. The Balaban J connectivity index is 2.05. The van der Waals surface area contributed by atoms with Crippen LogP contribution in [0.2, 0.25) is 0 Å². The maximum Gasteiger partial charge on any atom is 0.262 e. The molecule has 3 aromatic rings. The van der Waals surface area contributed by atoms with Crippen molar-refractivity contribution in [1.29, 1.82) is 0 Å². The van der Waals surface area contributed by atoms with Gasteiger partial charge in [-0.25, -0.2) is 4.98 Å². The number of hydrogen-bond acceptors (Lipinski definition) is 3. The number of benzene rings is 2. The minimum atomic E-state index is 0.0560. The molecule has 0 aliphatic rings. The van der Waals surface area contributed by atoms with E-state index in [1.807, 2.05) is 47.0 Å². The second kappa shape index (κ2) is 7.01. The van der Waals surface area contributed by atoms with Crippen molar-refractivity contribution in [2.75, 3.05) is 0 Å². The molecule has 0 spiro atoms. The summed E-state index contributed by atoms with van der Waals surface area (Å²) in [5.41, 5.74) is 2.06. The van der Waals surface area contributed by atoms with Crippen LogP contribution in [0.3, 0.4) is 0 Å². The Morgan fingerprint density at radius 1 is 1.09 bits per heavy atom. The molecular formula is C19H20N2OS. The maximum atomic E-state index is 12.9. The summed E-state index contributed by atoms with van der Waals surface area (Å²) < 4.78 is 1.84. The second-order valence-corrected chi connectivity index (χ2v) is 6.56. The van der Waals surface area contributed by atoms with Crippen LogP contribution in [0, 0.1) is 0 Å². The fourth-order valence-electron chi connectivity index (χ4n) is 2.52. The fourth-order valence-corrected chi connectivity index (χ4v) is 3.57. The highest BCUT2D eigenvalue weighted by molar-refractivity contribution is 7.98. The molecule has 0 saturated carbocycles. The molecule has 0 aliphatic carbocycles. The Bertz CT molecular complexity index is 858. The van der Waals surface area contributed by atoms with Gasteiger partial charge in [-0.3, -0.25) is 9.36 Å². The van der Waals surface area contributed by atoms with Crippen molar-refractivity contribution < 1.29 is 0 Å². The van der Waals surface area contributed by atoms with Gasteiger partial charge in [-0.15, -0.1) is 0 Å². The zero-order valence-electron chi connectivity index (χ0n) is 13.4. The highest BCUT2D eigenvalue weighted by Crippen LogP contribution is 2.25. The van der Waals surface area contributed by atoms with E-state index in [2.05, 4.69) is 26.0 Å². The third-order valence-corrected chi connectivity index (χ3v) is 5.04. The van der Waals surface area contributed by atoms with Crippen LogP contribution in [0.1, 0.15) is 31.9 Å². The average molecular weight is 324 g/mol. The van der Waals surface area contributed by atoms with Crippen molar-refractivity contribution in [2.24, 2.45) is 0 Å². The number of hydrogen-bond donors (Lipinski definition) is 0.